The van der Waals surface area contributed by atoms with Crippen molar-refractivity contribution in [3.63, 3.8) is 0 Å². The molecule has 1 rings (SSSR count). The van der Waals surface area contributed by atoms with Gasteiger partial charge in [-0.2, -0.15) is 0 Å². The molecule has 1 N–H and O–H groups in total. The topological polar surface area (TPSA) is 31.9 Å². The third-order valence-electron chi connectivity index (χ3n) is 1.51. The molecule has 2 nitrogen and oxygen atoms in total. The number of rotatable bonds is 2. The van der Waals surface area contributed by atoms with E-state index < -0.39 is 0 Å². The summed E-state index contributed by atoms with van der Waals surface area (Å²) >= 11 is 0. The fraction of sp³-hybridized carbons (Fsp3) is 0.250. The molecule has 0 aliphatic carbocycles. The van der Waals surface area contributed by atoms with E-state index in [0.29, 0.717) is 5.69 Å². The minimum absolute atomic E-state index is 0.685. The summed E-state index contributed by atoms with van der Waals surface area (Å²) < 4.78 is 0. The zero-order valence-electron chi connectivity index (χ0n) is 5.92. The smallest absolute Gasteiger partial charge is 0.0667 e. The molecule has 0 heterocycles. The van der Waals surface area contributed by atoms with E-state index in [1.807, 2.05) is 30.6 Å². The van der Waals surface area contributed by atoms with Gasteiger partial charge in [0.25, 0.3) is 0 Å². The van der Waals surface area contributed by atoms with Gasteiger partial charge in [0.05, 0.1) is 5.69 Å². The van der Waals surface area contributed by atoms with Crippen LogP contribution in [0.3, 0.4) is 0 Å². The molecule has 0 unspecified atom stereocenters. The van der Waals surface area contributed by atoms with Crippen molar-refractivity contribution in [1.29, 1.82) is 0 Å². The molecule has 0 aliphatic heterocycles. The SMILES string of the molecule is CCc1ccccc1N[O]. The monoisotopic (exact) mass is 136 g/mol. The van der Waals surface area contributed by atoms with Gasteiger partial charge in [-0.3, -0.25) is 0 Å². The van der Waals surface area contributed by atoms with Crippen molar-refractivity contribution in [2.24, 2.45) is 0 Å². The number of hydrogen-bond donors (Lipinski definition) is 1. The van der Waals surface area contributed by atoms with E-state index in [1.165, 1.54) is 0 Å². The molecular weight excluding hydrogens is 126 g/mol. The fourth-order valence-electron chi connectivity index (χ4n) is 0.928. The Bertz CT molecular complexity index is 187. The van der Waals surface area contributed by atoms with Crippen LogP contribution in [0.5, 0.6) is 0 Å². The van der Waals surface area contributed by atoms with Crippen LogP contribution in [-0.4, -0.2) is 0 Å². The van der Waals surface area contributed by atoms with Crippen molar-refractivity contribution < 1.29 is 5.21 Å². The Labute approximate surface area is 60.5 Å². The molecule has 0 bridgehead atoms. The van der Waals surface area contributed by atoms with Gasteiger partial charge in [-0.25, -0.2) is 5.48 Å². The molecule has 0 fully saturated rings. The third-order valence-corrected chi connectivity index (χ3v) is 1.51. The molecule has 0 spiro atoms. The molecule has 0 saturated heterocycles. The summed E-state index contributed by atoms with van der Waals surface area (Å²) in [5, 5.41) is 10.3. The summed E-state index contributed by atoms with van der Waals surface area (Å²) in [5.74, 6) is 0. The van der Waals surface area contributed by atoms with Crippen molar-refractivity contribution in [2.75, 3.05) is 5.48 Å². The molecule has 0 saturated carbocycles. The average Bonchev–Trinajstić information content (AvgIpc) is 2.04. The van der Waals surface area contributed by atoms with Crippen LogP contribution in [0, 0.1) is 0 Å². The Kier molecular flexibility index (Phi) is 2.29. The van der Waals surface area contributed by atoms with Crippen LogP contribution in [0.15, 0.2) is 24.3 Å². The van der Waals surface area contributed by atoms with Crippen LogP contribution < -0.4 is 5.48 Å². The summed E-state index contributed by atoms with van der Waals surface area (Å²) in [4.78, 5) is 0. The highest BCUT2D eigenvalue weighted by atomic mass is 16.5. The molecule has 0 aromatic heterocycles. The number of anilines is 1. The van der Waals surface area contributed by atoms with E-state index in [2.05, 4.69) is 0 Å². The first-order valence-corrected chi connectivity index (χ1v) is 3.34. The molecule has 1 aromatic carbocycles. The second kappa shape index (κ2) is 3.22. The van der Waals surface area contributed by atoms with E-state index in [1.54, 1.807) is 6.07 Å². The summed E-state index contributed by atoms with van der Waals surface area (Å²) in [7, 11) is 0. The Morgan fingerprint density at radius 3 is 2.60 bits per heavy atom. The lowest BCUT2D eigenvalue weighted by Crippen LogP contribution is -1.91. The lowest BCUT2D eigenvalue weighted by atomic mass is 10.1. The van der Waals surface area contributed by atoms with Crippen molar-refractivity contribution >= 4 is 5.69 Å². The van der Waals surface area contributed by atoms with Crippen LogP contribution in [0.1, 0.15) is 12.5 Å². The molecule has 0 aliphatic rings. The minimum atomic E-state index is 0.685. The minimum Gasteiger partial charge on any atom is -0.233 e. The highest BCUT2D eigenvalue weighted by molar-refractivity contribution is 5.48. The van der Waals surface area contributed by atoms with Crippen molar-refractivity contribution in [3.8, 4) is 0 Å². The van der Waals surface area contributed by atoms with Crippen molar-refractivity contribution in [1.82, 2.24) is 0 Å². The van der Waals surface area contributed by atoms with Gasteiger partial charge in [0.2, 0.25) is 0 Å². The summed E-state index contributed by atoms with van der Waals surface area (Å²) in [6.07, 6.45) is 0.894. The highest BCUT2D eigenvalue weighted by Crippen LogP contribution is 2.13. The molecular formula is C8H10NO. The zero-order valence-corrected chi connectivity index (χ0v) is 5.92. The third kappa shape index (κ3) is 1.28. The Hall–Kier alpha value is -1.02. The van der Waals surface area contributed by atoms with Crippen LogP contribution in [-0.2, 0) is 11.6 Å². The first kappa shape index (κ1) is 7.09. The summed E-state index contributed by atoms with van der Waals surface area (Å²) in [6.45, 7) is 2.02. The van der Waals surface area contributed by atoms with Gasteiger partial charge in [-0.15, -0.1) is 0 Å². The average molecular weight is 136 g/mol. The molecule has 1 radical (unpaired) electrons. The van der Waals surface area contributed by atoms with Crippen molar-refractivity contribution in [2.45, 2.75) is 13.3 Å². The van der Waals surface area contributed by atoms with Crippen LogP contribution in [0.25, 0.3) is 0 Å². The van der Waals surface area contributed by atoms with Gasteiger partial charge in [-0.1, -0.05) is 30.3 Å². The Morgan fingerprint density at radius 1 is 1.40 bits per heavy atom. The number of benzene rings is 1. The molecule has 2 heteroatoms. The number of nitrogens with one attached hydrogen (secondary N) is 1. The van der Waals surface area contributed by atoms with Gasteiger partial charge < -0.3 is 0 Å². The Balaban J connectivity index is 2.96. The second-order valence-electron chi connectivity index (χ2n) is 2.11. The molecule has 1 aromatic rings. The summed E-state index contributed by atoms with van der Waals surface area (Å²) in [5.41, 5.74) is 3.65. The van der Waals surface area contributed by atoms with Gasteiger partial charge in [0.15, 0.2) is 0 Å². The van der Waals surface area contributed by atoms with Crippen LogP contribution >= 0.6 is 0 Å². The second-order valence-corrected chi connectivity index (χ2v) is 2.11. The first-order valence-electron chi connectivity index (χ1n) is 3.34. The van der Waals surface area contributed by atoms with Gasteiger partial charge in [0.1, 0.15) is 0 Å². The predicted octanol–water partition coefficient (Wildman–Crippen LogP) is 2.01. The molecule has 0 amide bonds. The van der Waals surface area contributed by atoms with E-state index in [4.69, 9.17) is 0 Å². The van der Waals surface area contributed by atoms with E-state index in [9.17, 15) is 5.21 Å². The van der Waals surface area contributed by atoms with Crippen LogP contribution in [0.2, 0.25) is 0 Å². The lowest BCUT2D eigenvalue weighted by molar-refractivity contribution is 0.274. The fourth-order valence-corrected chi connectivity index (χ4v) is 0.928. The molecule has 10 heavy (non-hydrogen) atoms. The maximum Gasteiger partial charge on any atom is 0.0667 e. The normalized spacial score (nSPS) is 9.40. The number of para-hydroxylation sites is 1. The summed E-state index contributed by atoms with van der Waals surface area (Å²) in [6, 6.07) is 7.51. The lowest BCUT2D eigenvalue weighted by Gasteiger charge is -2.01. The number of hydrogen-bond acceptors (Lipinski definition) is 1. The molecule has 0 atom stereocenters. The highest BCUT2D eigenvalue weighted by Gasteiger charge is 1.95. The van der Waals surface area contributed by atoms with E-state index in [-0.39, 0.29) is 0 Å². The van der Waals surface area contributed by atoms with E-state index in [0.717, 1.165) is 12.0 Å². The molecule has 53 valence electrons. The van der Waals surface area contributed by atoms with E-state index >= 15 is 0 Å². The van der Waals surface area contributed by atoms with Gasteiger partial charge in [-0.05, 0) is 18.1 Å². The quantitative estimate of drug-likeness (QED) is 0.619. The predicted molar refractivity (Wildman–Crippen MR) is 40.1 cm³/mol. The van der Waals surface area contributed by atoms with Crippen LogP contribution in [0.4, 0.5) is 5.69 Å². The van der Waals surface area contributed by atoms with Gasteiger partial charge in [0, 0.05) is 0 Å². The largest absolute Gasteiger partial charge is 0.233 e. The van der Waals surface area contributed by atoms with Crippen molar-refractivity contribution in [3.05, 3.63) is 29.8 Å². The Morgan fingerprint density at radius 2 is 2.10 bits per heavy atom. The standard InChI is InChI=1S/C8H10NO/c1-2-7-5-3-4-6-8(7)9-10/h3-6,9H,2H2,1H3. The maximum atomic E-state index is 10.3. The number of aryl methyl sites for hydroxylation is 1. The maximum absolute atomic E-state index is 10.3. The zero-order chi connectivity index (χ0) is 7.40. The van der Waals surface area contributed by atoms with Gasteiger partial charge >= 0.3 is 0 Å². The first-order chi connectivity index (χ1) is 4.88.